The number of aliphatic hydroxyl groups is 2. The zero-order valence-electron chi connectivity index (χ0n) is 10.4. The molecule has 0 bridgehead atoms. The van der Waals surface area contributed by atoms with E-state index in [1.54, 1.807) is 6.08 Å². The van der Waals surface area contributed by atoms with Gasteiger partial charge in [-0.2, -0.15) is 0 Å². The molecule has 0 amide bonds. The van der Waals surface area contributed by atoms with Crippen LogP contribution in [-0.4, -0.2) is 16.5 Å². The van der Waals surface area contributed by atoms with Gasteiger partial charge in [-0.3, -0.25) is 0 Å². The van der Waals surface area contributed by atoms with E-state index in [-0.39, 0.29) is 0 Å². The smallest absolute Gasteiger partial charge is 0.151 e. The van der Waals surface area contributed by atoms with Crippen LogP contribution in [0.4, 0.5) is 0 Å². The van der Waals surface area contributed by atoms with E-state index in [1.807, 2.05) is 6.92 Å². The Morgan fingerprint density at radius 3 is 1.80 bits per heavy atom. The third-order valence-electron chi connectivity index (χ3n) is 2.07. The highest BCUT2D eigenvalue weighted by molar-refractivity contribution is 4.51. The molecule has 2 heteroatoms. The van der Waals surface area contributed by atoms with Gasteiger partial charge in [0, 0.05) is 0 Å². The van der Waals surface area contributed by atoms with Crippen LogP contribution in [0.1, 0.15) is 65.2 Å². The molecular weight excluding hydrogens is 188 g/mol. The second-order valence-corrected chi connectivity index (χ2v) is 3.80. The Hall–Kier alpha value is -0.340. The maximum atomic E-state index is 8.55. The standard InChI is InChI=1S/C10H22O2.C3H6/c1-2-3-4-5-6-7-8-9-10(11)12;1-3-2/h10-12H,2-9H2,1H3;3H,1H2,2H3. The summed E-state index contributed by atoms with van der Waals surface area (Å²) < 4.78 is 0. The van der Waals surface area contributed by atoms with Gasteiger partial charge in [-0.25, -0.2) is 0 Å². The van der Waals surface area contributed by atoms with Crippen molar-refractivity contribution in [3.63, 3.8) is 0 Å². The van der Waals surface area contributed by atoms with Crippen molar-refractivity contribution in [3.05, 3.63) is 12.7 Å². The Morgan fingerprint density at radius 2 is 1.40 bits per heavy atom. The minimum atomic E-state index is -1.10. The average Bonchev–Trinajstić information content (AvgIpc) is 2.17. The van der Waals surface area contributed by atoms with E-state index in [4.69, 9.17) is 10.2 Å². The minimum Gasteiger partial charge on any atom is -0.368 e. The number of rotatable bonds is 8. The molecule has 0 aromatic rings. The second kappa shape index (κ2) is 16.1. The summed E-state index contributed by atoms with van der Waals surface area (Å²) in [5.74, 6) is 0. The van der Waals surface area contributed by atoms with E-state index in [1.165, 1.54) is 32.1 Å². The van der Waals surface area contributed by atoms with Gasteiger partial charge in [0.25, 0.3) is 0 Å². The molecule has 0 rings (SSSR count). The fourth-order valence-electron chi connectivity index (χ4n) is 1.28. The molecule has 0 aliphatic carbocycles. The van der Waals surface area contributed by atoms with E-state index >= 15 is 0 Å². The van der Waals surface area contributed by atoms with Crippen LogP contribution in [0, 0.1) is 0 Å². The first kappa shape index (κ1) is 17.1. The zero-order chi connectivity index (χ0) is 11.9. The largest absolute Gasteiger partial charge is 0.368 e. The number of aliphatic hydroxyl groups excluding tert-OH is 1. The number of hydrogen-bond donors (Lipinski definition) is 2. The summed E-state index contributed by atoms with van der Waals surface area (Å²) >= 11 is 0. The lowest BCUT2D eigenvalue weighted by atomic mass is 10.1. The SMILES string of the molecule is C=CC.CCCCCCCCCC(O)O. The van der Waals surface area contributed by atoms with Crippen molar-refractivity contribution in [2.75, 3.05) is 0 Å². The van der Waals surface area contributed by atoms with E-state index in [9.17, 15) is 0 Å². The van der Waals surface area contributed by atoms with Crippen LogP contribution in [0.15, 0.2) is 12.7 Å². The Kier molecular flexibility index (Phi) is 18.3. The van der Waals surface area contributed by atoms with Crippen LogP contribution in [-0.2, 0) is 0 Å². The van der Waals surface area contributed by atoms with Crippen LogP contribution in [0.2, 0.25) is 0 Å². The number of hydrogen-bond acceptors (Lipinski definition) is 2. The van der Waals surface area contributed by atoms with Gasteiger partial charge in [0.2, 0.25) is 0 Å². The van der Waals surface area contributed by atoms with Gasteiger partial charge in [0.05, 0.1) is 0 Å². The molecule has 0 radical (unpaired) electrons. The van der Waals surface area contributed by atoms with E-state index in [2.05, 4.69) is 13.5 Å². The maximum absolute atomic E-state index is 8.55. The fraction of sp³-hybridized carbons (Fsp3) is 0.846. The summed E-state index contributed by atoms with van der Waals surface area (Å²) in [5.41, 5.74) is 0. The van der Waals surface area contributed by atoms with Crippen LogP contribution >= 0.6 is 0 Å². The molecule has 2 N–H and O–H groups in total. The molecule has 0 saturated carbocycles. The molecule has 0 aromatic heterocycles. The maximum Gasteiger partial charge on any atom is 0.151 e. The first-order chi connectivity index (χ1) is 7.18. The third kappa shape index (κ3) is 24.8. The van der Waals surface area contributed by atoms with Crippen molar-refractivity contribution in [2.24, 2.45) is 0 Å². The van der Waals surface area contributed by atoms with Crippen molar-refractivity contribution in [1.29, 1.82) is 0 Å². The molecular formula is C13H28O2. The quantitative estimate of drug-likeness (QED) is 0.369. The van der Waals surface area contributed by atoms with E-state index < -0.39 is 6.29 Å². The molecule has 0 saturated heterocycles. The van der Waals surface area contributed by atoms with Crippen molar-refractivity contribution in [1.82, 2.24) is 0 Å². The van der Waals surface area contributed by atoms with Gasteiger partial charge in [-0.15, -0.1) is 6.58 Å². The number of unbranched alkanes of at least 4 members (excludes halogenated alkanes) is 6. The zero-order valence-corrected chi connectivity index (χ0v) is 10.4. The second-order valence-electron chi connectivity index (χ2n) is 3.80. The Labute approximate surface area is 95.0 Å². The van der Waals surface area contributed by atoms with Crippen molar-refractivity contribution >= 4 is 0 Å². The molecule has 15 heavy (non-hydrogen) atoms. The molecule has 0 heterocycles. The van der Waals surface area contributed by atoms with Gasteiger partial charge in [0.15, 0.2) is 6.29 Å². The molecule has 0 unspecified atom stereocenters. The van der Waals surface area contributed by atoms with Gasteiger partial charge in [0.1, 0.15) is 0 Å². The summed E-state index contributed by atoms with van der Waals surface area (Å²) in [6.45, 7) is 7.46. The molecule has 2 nitrogen and oxygen atoms in total. The number of allylic oxidation sites excluding steroid dienone is 1. The van der Waals surface area contributed by atoms with Crippen LogP contribution < -0.4 is 0 Å². The van der Waals surface area contributed by atoms with Gasteiger partial charge >= 0.3 is 0 Å². The molecule has 0 aliphatic heterocycles. The molecule has 0 fully saturated rings. The highest BCUT2D eigenvalue weighted by atomic mass is 16.5. The van der Waals surface area contributed by atoms with Crippen molar-refractivity contribution in [3.8, 4) is 0 Å². The molecule has 0 aliphatic rings. The predicted molar refractivity (Wildman–Crippen MR) is 66.7 cm³/mol. The normalized spacial score (nSPS) is 9.67. The summed E-state index contributed by atoms with van der Waals surface area (Å²) in [4.78, 5) is 0. The molecule has 0 aromatic carbocycles. The van der Waals surface area contributed by atoms with Gasteiger partial charge in [-0.05, 0) is 19.8 Å². The molecule has 92 valence electrons. The highest BCUT2D eigenvalue weighted by Crippen LogP contribution is 2.08. The first-order valence-electron chi connectivity index (χ1n) is 6.12. The van der Waals surface area contributed by atoms with Crippen LogP contribution in [0.3, 0.4) is 0 Å². The van der Waals surface area contributed by atoms with Crippen molar-refractivity contribution < 1.29 is 10.2 Å². The van der Waals surface area contributed by atoms with Gasteiger partial charge in [-0.1, -0.05) is 51.5 Å². The predicted octanol–water partition coefficient (Wildman–Crippen LogP) is 3.63. The Balaban J connectivity index is 0. The topological polar surface area (TPSA) is 40.5 Å². The van der Waals surface area contributed by atoms with Crippen LogP contribution in [0.5, 0.6) is 0 Å². The minimum absolute atomic E-state index is 0.535. The Bertz CT molecular complexity index is 111. The summed E-state index contributed by atoms with van der Waals surface area (Å²) in [7, 11) is 0. The summed E-state index contributed by atoms with van der Waals surface area (Å²) in [6.07, 6.45) is 9.78. The van der Waals surface area contributed by atoms with Crippen molar-refractivity contribution in [2.45, 2.75) is 71.5 Å². The van der Waals surface area contributed by atoms with Crippen LogP contribution in [0.25, 0.3) is 0 Å². The van der Waals surface area contributed by atoms with E-state index in [0.29, 0.717) is 6.42 Å². The summed E-state index contributed by atoms with van der Waals surface area (Å²) in [6, 6.07) is 0. The molecule has 0 atom stereocenters. The average molecular weight is 216 g/mol. The lowest BCUT2D eigenvalue weighted by Gasteiger charge is -2.02. The summed E-state index contributed by atoms with van der Waals surface area (Å²) in [5, 5.41) is 17.1. The molecule has 0 spiro atoms. The fourth-order valence-corrected chi connectivity index (χ4v) is 1.28. The van der Waals surface area contributed by atoms with Gasteiger partial charge < -0.3 is 10.2 Å². The lowest BCUT2D eigenvalue weighted by Crippen LogP contribution is -2.02. The first-order valence-corrected chi connectivity index (χ1v) is 6.12. The third-order valence-corrected chi connectivity index (χ3v) is 2.07. The monoisotopic (exact) mass is 216 g/mol. The van der Waals surface area contributed by atoms with E-state index in [0.717, 1.165) is 12.8 Å². The highest BCUT2D eigenvalue weighted by Gasteiger charge is 1.96. The Morgan fingerprint density at radius 1 is 1.00 bits per heavy atom. The lowest BCUT2D eigenvalue weighted by molar-refractivity contribution is -0.0466.